The SMILES string of the molecule is CC(C)(C)OC(=O)N1CCC=C(B2OC(C)(C)C(C)(C)O2)C1.Cc1cc([N+](=O)[O-])c(OC(C)C)cc1Cl. The fraction of sp³-hybridized carbons (Fsp3) is 0.654. The van der Waals surface area contributed by atoms with Crippen molar-refractivity contribution in [1.29, 1.82) is 0 Å². The molecule has 2 aliphatic rings. The molecule has 0 radical (unpaired) electrons. The number of rotatable bonds is 4. The first-order chi connectivity index (χ1) is 16.8. The van der Waals surface area contributed by atoms with Crippen molar-refractivity contribution in [3.05, 3.63) is 44.4 Å². The maximum Gasteiger partial charge on any atom is 0.492 e. The predicted octanol–water partition coefficient (Wildman–Crippen LogP) is 6.53. The van der Waals surface area contributed by atoms with Gasteiger partial charge in [-0.3, -0.25) is 10.1 Å². The molecule has 0 atom stereocenters. The van der Waals surface area contributed by atoms with Crippen molar-refractivity contribution in [3.8, 4) is 5.75 Å². The zero-order chi connectivity index (χ0) is 28.3. The van der Waals surface area contributed by atoms with Gasteiger partial charge in [-0.2, -0.15) is 0 Å². The van der Waals surface area contributed by atoms with E-state index in [9.17, 15) is 14.9 Å². The van der Waals surface area contributed by atoms with Crippen LogP contribution in [-0.2, 0) is 14.0 Å². The van der Waals surface area contributed by atoms with Crippen LogP contribution in [0.2, 0.25) is 5.02 Å². The standard InChI is InChI=1S/C16H28BNO4.C10H12ClNO3/c1-14(2,3)20-13(19)18-10-8-9-12(11-18)17-21-15(4,5)16(6,7)22-17;1-6(2)15-10-5-8(11)7(3)4-9(10)12(13)14/h9H,8,10-11H2,1-7H3;4-6H,1-3H3. The number of carbonyl (C=O) groups excluding carboxylic acids is 1. The highest BCUT2D eigenvalue weighted by atomic mass is 35.5. The van der Waals surface area contributed by atoms with E-state index in [0.717, 1.165) is 11.9 Å². The van der Waals surface area contributed by atoms with Crippen molar-refractivity contribution in [3.63, 3.8) is 0 Å². The van der Waals surface area contributed by atoms with Crippen molar-refractivity contribution in [2.45, 2.75) is 98.6 Å². The van der Waals surface area contributed by atoms with E-state index in [-0.39, 0.29) is 34.8 Å². The average Bonchev–Trinajstić information content (AvgIpc) is 2.96. The number of benzene rings is 1. The van der Waals surface area contributed by atoms with Gasteiger partial charge in [-0.25, -0.2) is 4.79 Å². The van der Waals surface area contributed by atoms with Crippen LogP contribution in [-0.4, -0.2) is 59.0 Å². The topological polar surface area (TPSA) is 100 Å². The number of hydrogen-bond donors (Lipinski definition) is 0. The Balaban J connectivity index is 0.000000281. The summed E-state index contributed by atoms with van der Waals surface area (Å²) in [5, 5.41) is 11.2. The molecule has 1 aromatic rings. The van der Waals surface area contributed by atoms with Gasteiger partial charge in [0.25, 0.3) is 0 Å². The van der Waals surface area contributed by atoms with Crippen molar-refractivity contribution >= 4 is 30.5 Å². The summed E-state index contributed by atoms with van der Waals surface area (Å²) in [6, 6.07) is 2.90. The fourth-order valence-electron chi connectivity index (χ4n) is 3.56. The van der Waals surface area contributed by atoms with Gasteiger partial charge in [-0.1, -0.05) is 17.7 Å². The van der Waals surface area contributed by atoms with Crippen LogP contribution in [0.5, 0.6) is 5.75 Å². The molecular formula is C26H40BClN2O7. The van der Waals surface area contributed by atoms with E-state index in [4.69, 9.17) is 30.4 Å². The van der Waals surface area contributed by atoms with Gasteiger partial charge in [0.2, 0.25) is 0 Å². The van der Waals surface area contributed by atoms with E-state index in [2.05, 4.69) is 6.08 Å². The molecule has 11 heteroatoms. The molecule has 0 N–H and O–H groups in total. The molecule has 2 aliphatic heterocycles. The smallest absolute Gasteiger partial charge is 0.484 e. The Kier molecular flexibility index (Phi) is 9.71. The first kappa shape index (κ1) is 30.9. The molecule has 1 aromatic carbocycles. The number of nitrogens with zero attached hydrogens (tertiary/aromatic N) is 2. The number of nitro benzene ring substituents is 1. The monoisotopic (exact) mass is 538 g/mol. The lowest BCUT2D eigenvalue weighted by Crippen LogP contribution is -2.42. The quantitative estimate of drug-likeness (QED) is 0.244. The van der Waals surface area contributed by atoms with Crippen LogP contribution < -0.4 is 4.74 Å². The number of aryl methyl sites for hydroxylation is 1. The molecule has 0 bridgehead atoms. The summed E-state index contributed by atoms with van der Waals surface area (Å²) in [6.45, 7) is 20.2. The Bertz CT molecular complexity index is 1020. The van der Waals surface area contributed by atoms with Crippen LogP contribution in [0, 0.1) is 17.0 Å². The largest absolute Gasteiger partial charge is 0.492 e. The number of halogens is 1. The van der Waals surface area contributed by atoms with Crippen molar-refractivity contribution in [2.75, 3.05) is 13.1 Å². The molecule has 2 heterocycles. The number of ether oxygens (including phenoxy) is 2. The van der Waals surface area contributed by atoms with Gasteiger partial charge in [0.1, 0.15) is 5.60 Å². The third kappa shape index (κ3) is 8.35. The molecule has 3 rings (SSSR count). The second kappa shape index (κ2) is 11.6. The van der Waals surface area contributed by atoms with Gasteiger partial charge in [0.05, 0.1) is 22.2 Å². The number of carbonyl (C=O) groups is 1. The van der Waals surface area contributed by atoms with Crippen LogP contribution >= 0.6 is 11.6 Å². The van der Waals surface area contributed by atoms with Gasteiger partial charge in [0, 0.05) is 30.2 Å². The second-order valence-corrected chi connectivity index (χ2v) is 12.0. The molecular weight excluding hydrogens is 499 g/mol. The molecule has 206 valence electrons. The van der Waals surface area contributed by atoms with Crippen LogP contribution in [0.4, 0.5) is 10.5 Å². The summed E-state index contributed by atoms with van der Waals surface area (Å²) in [6.07, 6.45) is 2.50. The Hall–Kier alpha value is -2.30. The Morgan fingerprint density at radius 3 is 2.24 bits per heavy atom. The highest BCUT2D eigenvalue weighted by molar-refractivity contribution is 6.54. The zero-order valence-corrected chi connectivity index (χ0v) is 24.4. The van der Waals surface area contributed by atoms with E-state index in [1.807, 2.05) is 48.5 Å². The summed E-state index contributed by atoms with van der Waals surface area (Å²) in [4.78, 5) is 24.2. The lowest BCUT2D eigenvalue weighted by molar-refractivity contribution is -0.386. The molecule has 1 fully saturated rings. The van der Waals surface area contributed by atoms with E-state index in [0.29, 0.717) is 23.7 Å². The molecule has 0 saturated carbocycles. The van der Waals surface area contributed by atoms with Gasteiger partial charge in [0.15, 0.2) is 5.75 Å². The van der Waals surface area contributed by atoms with Gasteiger partial charge < -0.3 is 23.7 Å². The molecule has 9 nitrogen and oxygen atoms in total. The molecule has 1 amide bonds. The number of amides is 1. The van der Waals surface area contributed by atoms with E-state index < -0.39 is 17.6 Å². The van der Waals surface area contributed by atoms with Crippen LogP contribution in [0.3, 0.4) is 0 Å². The lowest BCUT2D eigenvalue weighted by atomic mass is 9.76. The first-order valence-corrected chi connectivity index (χ1v) is 12.8. The van der Waals surface area contributed by atoms with Crippen LogP contribution in [0.1, 0.15) is 74.3 Å². The molecule has 37 heavy (non-hydrogen) atoms. The normalized spacial score (nSPS) is 18.6. The molecule has 0 spiro atoms. The minimum absolute atomic E-state index is 0.0504. The fourth-order valence-corrected chi connectivity index (χ4v) is 3.71. The Morgan fingerprint density at radius 1 is 1.19 bits per heavy atom. The Morgan fingerprint density at radius 2 is 1.76 bits per heavy atom. The highest BCUT2D eigenvalue weighted by Crippen LogP contribution is 2.39. The van der Waals surface area contributed by atoms with E-state index in [1.165, 1.54) is 12.1 Å². The van der Waals surface area contributed by atoms with Crippen LogP contribution in [0.15, 0.2) is 23.7 Å². The summed E-state index contributed by atoms with van der Waals surface area (Å²) >= 11 is 5.87. The summed E-state index contributed by atoms with van der Waals surface area (Å²) in [7, 11) is -0.393. The highest BCUT2D eigenvalue weighted by Gasteiger charge is 2.52. The number of nitro groups is 1. The van der Waals surface area contributed by atoms with Crippen molar-refractivity contribution in [2.24, 2.45) is 0 Å². The summed E-state index contributed by atoms with van der Waals surface area (Å²) in [5.74, 6) is 0.214. The Labute approximate surface area is 225 Å². The first-order valence-electron chi connectivity index (χ1n) is 12.5. The molecule has 0 aromatic heterocycles. The van der Waals surface area contributed by atoms with Gasteiger partial charge in [-0.05, 0) is 86.7 Å². The zero-order valence-electron chi connectivity index (χ0n) is 23.6. The minimum Gasteiger partial charge on any atom is -0.484 e. The van der Waals surface area contributed by atoms with E-state index >= 15 is 0 Å². The molecule has 1 saturated heterocycles. The van der Waals surface area contributed by atoms with E-state index in [1.54, 1.807) is 25.7 Å². The average molecular weight is 539 g/mol. The van der Waals surface area contributed by atoms with Crippen molar-refractivity contribution < 1.29 is 28.5 Å². The number of hydrogen-bond acceptors (Lipinski definition) is 7. The van der Waals surface area contributed by atoms with Crippen molar-refractivity contribution in [1.82, 2.24) is 4.90 Å². The predicted molar refractivity (Wildman–Crippen MR) is 145 cm³/mol. The molecule has 0 unspecified atom stereocenters. The van der Waals surface area contributed by atoms with Gasteiger partial charge in [-0.15, -0.1) is 0 Å². The molecule has 0 aliphatic carbocycles. The van der Waals surface area contributed by atoms with Gasteiger partial charge >= 0.3 is 18.9 Å². The lowest BCUT2D eigenvalue weighted by Gasteiger charge is -2.32. The summed E-state index contributed by atoms with van der Waals surface area (Å²) < 4.78 is 22.9. The summed E-state index contributed by atoms with van der Waals surface area (Å²) in [5.41, 5.74) is 0.392. The minimum atomic E-state index is -0.483. The maximum absolute atomic E-state index is 12.2. The maximum atomic E-state index is 12.2. The third-order valence-corrected chi connectivity index (χ3v) is 6.59. The van der Waals surface area contributed by atoms with Crippen LogP contribution in [0.25, 0.3) is 0 Å². The second-order valence-electron chi connectivity index (χ2n) is 11.6. The third-order valence-electron chi connectivity index (χ3n) is 6.19.